The van der Waals surface area contributed by atoms with Crippen molar-refractivity contribution >= 4 is 5.91 Å². The molecule has 1 aromatic rings. The summed E-state index contributed by atoms with van der Waals surface area (Å²) in [5, 5.41) is 9.84. The summed E-state index contributed by atoms with van der Waals surface area (Å²) in [4.78, 5) is 11.1. The van der Waals surface area contributed by atoms with Crippen molar-refractivity contribution in [1.29, 1.82) is 0 Å². The van der Waals surface area contributed by atoms with Crippen LogP contribution in [0.5, 0.6) is 5.75 Å². The quantitative estimate of drug-likeness (QED) is 0.792. The maximum atomic E-state index is 11.1. The predicted octanol–water partition coefficient (Wildman–Crippen LogP) is 1.77. The fraction of sp³-hybridized carbons (Fsp3) is 0.462. The largest absolute Gasteiger partial charge is 0.480 e. The monoisotopic (exact) mass is 237 g/mol. The summed E-state index contributed by atoms with van der Waals surface area (Å²) in [5.41, 5.74) is 5.92. The summed E-state index contributed by atoms with van der Waals surface area (Å²) in [6.45, 7) is 3.71. The van der Waals surface area contributed by atoms with E-state index < -0.39 is 18.1 Å². The van der Waals surface area contributed by atoms with Crippen LogP contribution in [-0.2, 0) is 4.79 Å². The molecule has 1 rings (SSSR count). The van der Waals surface area contributed by atoms with E-state index in [-0.39, 0.29) is 0 Å². The molecule has 94 valence electrons. The molecular formula is C13H19NO3. The van der Waals surface area contributed by atoms with Crippen molar-refractivity contribution < 1.29 is 14.6 Å². The Kier molecular flexibility index (Phi) is 4.97. The summed E-state index contributed by atoms with van der Waals surface area (Å²) in [7, 11) is 0. The Hall–Kier alpha value is -1.55. The number of rotatable bonds is 6. The lowest BCUT2D eigenvalue weighted by Gasteiger charge is -2.19. The van der Waals surface area contributed by atoms with Gasteiger partial charge in [-0.3, -0.25) is 4.79 Å². The molecular weight excluding hydrogens is 218 g/mol. The van der Waals surface area contributed by atoms with E-state index in [0.717, 1.165) is 0 Å². The van der Waals surface area contributed by atoms with Gasteiger partial charge in [0.25, 0.3) is 5.91 Å². The molecule has 0 saturated carbocycles. The second-order valence-electron chi connectivity index (χ2n) is 3.88. The van der Waals surface area contributed by atoms with E-state index in [4.69, 9.17) is 10.5 Å². The van der Waals surface area contributed by atoms with Gasteiger partial charge in [-0.25, -0.2) is 0 Å². The first-order chi connectivity index (χ1) is 8.10. The SMILES string of the molecule is CCC(Oc1ccccc1[C@H](O)CC)C(N)=O. The van der Waals surface area contributed by atoms with E-state index in [1.807, 2.05) is 19.9 Å². The third-order valence-electron chi connectivity index (χ3n) is 2.62. The van der Waals surface area contributed by atoms with Gasteiger partial charge in [-0.2, -0.15) is 0 Å². The van der Waals surface area contributed by atoms with Gasteiger partial charge in [0, 0.05) is 5.56 Å². The van der Waals surface area contributed by atoms with E-state index in [9.17, 15) is 9.90 Å². The summed E-state index contributed by atoms with van der Waals surface area (Å²) in [6.07, 6.45) is -0.142. The lowest BCUT2D eigenvalue weighted by molar-refractivity contribution is -0.124. The molecule has 0 spiro atoms. The van der Waals surface area contributed by atoms with Crippen LogP contribution < -0.4 is 10.5 Å². The topological polar surface area (TPSA) is 72.6 Å². The normalized spacial score (nSPS) is 14.1. The Morgan fingerprint density at radius 2 is 2.00 bits per heavy atom. The minimum atomic E-state index is -0.653. The number of aliphatic hydroxyl groups is 1. The molecule has 1 unspecified atom stereocenters. The highest BCUT2D eigenvalue weighted by Crippen LogP contribution is 2.27. The van der Waals surface area contributed by atoms with Crippen LogP contribution in [0.15, 0.2) is 24.3 Å². The zero-order chi connectivity index (χ0) is 12.8. The summed E-state index contributed by atoms with van der Waals surface area (Å²) in [6, 6.07) is 7.15. The highest BCUT2D eigenvalue weighted by Gasteiger charge is 2.18. The number of hydrogen-bond acceptors (Lipinski definition) is 3. The average molecular weight is 237 g/mol. The van der Waals surface area contributed by atoms with Gasteiger partial charge in [0.05, 0.1) is 6.10 Å². The molecule has 0 aromatic heterocycles. The zero-order valence-electron chi connectivity index (χ0n) is 10.2. The molecule has 0 fully saturated rings. The predicted molar refractivity (Wildman–Crippen MR) is 65.6 cm³/mol. The van der Waals surface area contributed by atoms with E-state index in [2.05, 4.69) is 0 Å². The molecule has 1 amide bonds. The van der Waals surface area contributed by atoms with Gasteiger partial charge in [-0.15, -0.1) is 0 Å². The lowest BCUT2D eigenvalue weighted by Crippen LogP contribution is -2.33. The van der Waals surface area contributed by atoms with Crippen molar-refractivity contribution in [3.8, 4) is 5.75 Å². The number of carbonyl (C=O) groups excluding carboxylic acids is 1. The van der Waals surface area contributed by atoms with Crippen LogP contribution in [0.2, 0.25) is 0 Å². The van der Waals surface area contributed by atoms with Crippen molar-refractivity contribution in [2.75, 3.05) is 0 Å². The van der Waals surface area contributed by atoms with Crippen LogP contribution in [-0.4, -0.2) is 17.1 Å². The van der Waals surface area contributed by atoms with Crippen LogP contribution in [0.3, 0.4) is 0 Å². The smallest absolute Gasteiger partial charge is 0.258 e. The number of nitrogens with two attached hydrogens (primary N) is 1. The Morgan fingerprint density at radius 3 is 2.53 bits per heavy atom. The van der Waals surface area contributed by atoms with Crippen molar-refractivity contribution in [2.45, 2.75) is 38.9 Å². The van der Waals surface area contributed by atoms with E-state index in [1.165, 1.54) is 0 Å². The van der Waals surface area contributed by atoms with Crippen LogP contribution >= 0.6 is 0 Å². The molecule has 17 heavy (non-hydrogen) atoms. The van der Waals surface area contributed by atoms with Crippen LogP contribution in [0.25, 0.3) is 0 Å². The summed E-state index contributed by atoms with van der Waals surface area (Å²) < 4.78 is 5.54. The standard InChI is InChI=1S/C13H19NO3/c1-3-10(15)9-7-5-6-8-12(9)17-11(4-2)13(14)16/h5-8,10-11,15H,3-4H2,1-2H3,(H2,14,16)/t10-,11?/m1/s1. The van der Waals surface area contributed by atoms with Gasteiger partial charge in [0.1, 0.15) is 5.75 Å². The van der Waals surface area contributed by atoms with Crippen LogP contribution in [0, 0.1) is 0 Å². The number of para-hydroxylation sites is 1. The number of amides is 1. The summed E-state index contributed by atoms with van der Waals surface area (Å²) >= 11 is 0. The third-order valence-corrected chi connectivity index (χ3v) is 2.62. The molecule has 3 N–H and O–H groups in total. The fourth-order valence-electron chi connectivity index (χ4n) is 1.58. The van der Waals surface area contributed by atoms with Crippen molar-refractivity contribution in [3.63, 3.8) is 0 Å². The van der Waals surface area contributed by atoms with Gasteiger partial charge in [-0.1, -0.05) is 32.0 Å². The van der Waals surface area contributed by atoms with E-state index in [1.54, 1.807) is 18.2 Å². The van der Waals surface area contributed by atoms with Crippen molar-refractivity contribution in [1.82, 2.24) is 0 Å². The molecule has 1 aromatic carbocycles. The molecule has 0 aliphatic carbocycles. The maximum Gasteiger partial charge on any atom is 0.258 e. The van der Waals surface area contributed by atoms with Gasteiger partial charge in [0.2, 0.25) is 0 Å². The average Bonchev–Trinajstić information content (AvgIpc) is 2.35. The number of primary amides is 1. The first-order valence-electron chi connectivity index (χ1n) is 5.83. The first-order valence-corrected chi connectivity index (χ1v) is 5.83. The van der Waals surface area contributed by atoms with E-state index in [0.29, 0.717) is 24.2 Å². The van der Waals surface area contributed by atoms with E-state index >= 15 is 0 Å². The molecule has 0 aliphatic heterocycles. The number of benzene rings is 1. The highest BCUT2D eigenvalue weighted by molar-refractivity contribution is 5.79. The Morgan fingerprint density at radius 1 is 1.35 bits per heavy atom. The number of hydrogen-bond donors (Lipinski definition) is 2. The van der Waals surface area contributed by atoms with Crippen molar-refractivity contribution in [3.05, 3.63) is 29.8 Å². The number of ether oxygens (including phenoxy) is 1. The minimum absolute atomic E-state index is 0.492. The molecule has 0 saturated heterocycles. The molecule has 4 nitrogen and oxygen atoms in total. The zero-order valence-corrected chi connectivity index (χ0v) is 10.2. The van der Waals surface area contributed by atoms with Crippen molar-refractivity contribution in [2.24, 2.45) is 5.73 Å². The molecule has 4 heteroatoms. The molecule has 0 heterocycles. The fourth-order valence-corrected chi connectivity index (χ4v) is 1.58. The first kappa shape index (κ1) is 13.5. The Bertz CT molecular complexity index is 379. The molecule has 0 aliphatic rings. The van der Waals surface area contributed by atoms with Gasteiger partial charge in [0.15, 0.2) is 6.10 Å². The van der Waals surface area contributed by atoms with Crippen LogP contribution in [0.1, 0.15) is 38.4 Å². The van der Waals surface area contributed by atoms with Gasteiger partial charge < -0.3 is 15.6 Å². The Balaban J connectivity index is 2.93. The maximum absolute atomic E-state index is 11.1. The second-order valence-corrected chi connectivity index (χ2v) is 3.88. The molecule has 0 bridgehead atoms. The number of aliphatic hydroxyl groups excluding tert-OH is 1. The van der Waals surface area contributed by atoms with Gasteiger partial charge in [-0.05, 0) is 18.9 Å². The third kappa shape index (κ3) is 3.46. The lowest BCUT2D eigenvalue weighted by atomic mass is 10.1. The van der Waals surface area contributed by atoms with Gasteiger partial charge >= 0.3 is 0 Å². The molecule has 2 atom stereocenters. The second kappa shape index (κ2) is 6.25. The minimum Gasteiger partial charge on any atom is -0.480 e. The van der Waals surface area contributed by atoms with Crippen LogP contribution in [0.4, 0.5) is 0 Å². The highest BCUT2D eigenvalue weighted by atomic mass is 16.5. The Labute approximate surface area is 101 Å². The summed E-state index contributed by atoms with van der Waals surface area (Å²) in [5.74, 6) is 0.0285. The number of carbonyl (C=O) groups is 1. The molecule has 0 radical (unpaired) electrons.